The number of halogens is 6. The maximum atomic E-state index is 13.4. The molecule has 4 aliphatic rings. The Labute approximate surface area is 301 Å². The quantitative estimate of drug-likeness (QED) is 0.102. The molecule has 5 aromatic rings. The van der Waals surface area contributed by atoms with Crippen molar-refractivity contribution in [2.24, 2.45) is 0 Å². The van der Waals surface area contributed by atoms with Crippen LogP contribution in [0.15, 0.2) is 48.5 Å². The highest BCUT2D eigenvalue weighted by Crippen LogP contribution is 2.60. The second kappa shape index (κ2) is 11.2. The summed E-state index contributed by atoms with van der Waals surface area (Å²) in [6.45, 7) is 0. The topological polar surface area (TPSA) is 77.5 Å². The van der Waals surface area contributed by atoms with E-state index in [2.05, 4.69) is 0 Å². The molecule has 5 nitrogen and oxygen atoms in total. The minimum Gasteiger partial charge on any atom is -0.479 e. The van der Waals surface area contributed by atoms with Crippen molar-refractivity contribution in [2.45, 2.75) is 50.1 Å². The third kappa shape index (κ3) is 4.94. The van der Waals surface area contributed by atoms with Gasteiger partial charge in [0.15, 0.2) is 5.75 Å². The highest BCUT2D eigenvalue weighted by Gasteiger charge is 2.46. The van der Waals surface area contributed by atoms with Crippen LogP contribution in [0, 0.1) is 0 Å². The summed E-state index contributed by atoms with van der Waals surface area (Å²) in [4.78, 5) is 54.5. The van der Waals surface area contributed by atoms with E-state index in [0.717, 1.165) is 87.2 Å². The highest BCUT2D eigenvalue weighted by molar-refractivity contribution is 7.32. The van der Waals surface area contributed by atoms with Crippen LogP contribution in [0.1, 0.15) is 90.4 Å². The Morgan fingerprint density at radius 1 is 0.596 bits per heavy atom. The normalized spacial score (nSPS) is 19.5. The van der Waals surface area contributed by atoms with E-state index in [1.54, 1.807) is 6.08 Å². The van der Waals surface area contributed by atoms with Crippen molar-refractivity contribution in [1.82, 2.24) is 0 Å². The minimum absolute atomic E-state index is 0.0236. The molecule has 2 aromatic carbocycles. The molecule has 1 fully saturated rings. The average molecular weight is 767 g/mol. The summed E-state index contributed by atoms with van der Waals surface area (Å²) < 4.78 is 88.6. The number of hydrogen-bond donors (Lipinski definition) is 0. The Hall–Kier alpha value is -4.66. The lowest BCUT2D eigenvalue weighted by atomic mass is 9.78. The summed E-state index contributed by atoms with van der Waals surface area (Å²) in [5.74, 6) is -3.05. The molecule has 3 aromatic heterocycles. The number of carbonyl (C=O) groups is 4. The van der Waals surface area contributed by atoms with Crippen molar-refractivity contribution in [2.75, 3.05) is 0 Å². The molecule has 0 N–H and O–H groups in total. The number of hydrogen-bond acceptors (Lipinski definition) is 8. The van der Waals surface area contributed by atoms with Gasteiger partial charge in [0.25, 0.3) is 0 Å². The third-order valence-electron chi connectivity index (χ3n) is 9.99. The Bertz CT molecular complexity index is 2530. The van der Waals surface area contributed by atoms with Crippen molar-refractivity contribution < 1.29 is 50.3 Å². The number of alkyl halides is 6. The molecule has 52 heavy (non-hydrogen) atoms. The lowest BCUT2D eigenvalue weighted by molar-refractivity contribution is -0.138. The van der Waals surface area contributed by atoms with Gasteiger partial charge in [0.2, 0.25) is 23.1 Å². The fraction of sp³-hybridized carbons (Fsp3) is 0.211. The number of ether oxygens (including phenoxy) is 1. The first-order chi connectivity index (χ1) is 24.6. The Morgan fingerprint density at radius 3 is 1.67 bits per heavy atom. The molecule has 1 aliphatic heterocycles. The molecule has 14 heteroatoms. The number of ketones is 4. The summed E-state index contributed by atoms with van der Waals surface area (Å²) in [6, 6.07) is 9.25. The fourth-order valence-corrected chi connectivity index (χ4v) is 11.3. The predicted molar refractivity (Wildman–Crippen MR) is 186 cm³/mol. The monoisotopic (exact) mass is 766 g/mol. The van der Waals surface area contributed by atoms with Gasteiger partial charge in [-0.05, 0) is 85.4 Å². The van der Waals surface area contributed by atoms with Gasteiger partial charge in [0.05, 0.1) is 30.3 Å². The van der Waals surface area contributed by atoms with Gasteiger partial charge in [-0.3, -0.25) is 19.2 Å². The van der Waals surface area contributed by atoms with E-state index in [4.69, 9.17) is 4.74 Å². The van der Waals surface area contributed by atoms with Crippen LogP contribution in [0.25, 0.3) is 42.5 Å². The zero-order chi connectivity index (χ0) is 36.5. The molecular formula is C38H20F6O5S3. The smallest absolute Gasteiger partial charge is 0.416 e. The molecule has 0 unspecified atom stereocenters. The van der Waals surface area contributed by atoms with Crippen molar-refractivity contribution in [1.29, 1.82) is 0 Å². The number of allylic oxidation sites excluding steroid dienone is 2. The van der Waals surface area contributed by atoms with Crippen molar-refractivity contribution in [3.05, 3.63) is 97.2 Å². The van der Waals surface area contributed by atoms with E-state index in [1.165, 1.54) is 40.1 Å². The van der Waals surface area contributed by atoms with Gasteiger partial charge in [0, 0.05) is 37.6 Å². The molecule has 3 aliphatic carbocycles. The van der Waals surface area contributed by atoms with Crippen LogP contribution in [0.4, 0.5) is 26.3 Å². The number of Topliss-reactive ketones (excluding diaryl/α,β-unsaturated/α-hetero) is 4. The SMILES string of the molecule is O=C1C(=O)c2cc(C(F)(F)F)ccc2/C1=C/c1cc2c(s1)-c1sc3cc(/C=C4\C(=O)C(=O)c5cc(C(F)(F)F)ccc54)sc3c1OC21CCCCC1. The van der Waals surface area contributed by atoms with Crippen LogP contribution in [-0.4, -0.2) is 23.1 Å². The van der Waals surface area contributed by atoms with Gasteiger partial charge in [-0.25, -0.2) is 0 Å². The minimum atomic E-state index is -4.67. The fourth-order valence-electron chi connectivity index (χ4n) is 7.52. The largest absolute Gasteiger partial charge is 0.479 e. The van der Waals surface area contributed by atoms with Crippen LogP contribution in [0.3, 0.4) is 0 Å². The molecule has 4 heterocycles. The van der Waals surface area contributed by atoms with Gasteiger partial charge in [-0.2, -0.15) is 26.3 Å². The van der Waals surface area contributed by atoms with Crippen molar-refractivity contribution in [3.8, 4) is 15.5 Å². The molecule has 1 spiro atoms. The van der Waals surface area contributed by atoms with E-state index in [9.17, 15) is 45.5 Å². The lowest BCUT2D eigenvalue weighted by Gasteiger charge is -2.40. The third-order valence-corrected chi connectivity index (χ3v) is 13.6. The molecule has 0 amide bonds. The zero-order valence-corrected chi connectivity index (χ0v) is 28.8. The Morgan fingerprint density at radius 2 is 1.13 bits per heavy atom. The standard InChI is InChI=1S/C38H20F6O5S3/c39-37(40,41)16-4-6-20-22(10-16)28(45)30(47)24(20)12-18-14-26-33(50-18)35-32(49-36(26)8-2-1-3-9-36)34-27(52-35)15-19(51-34)13-25-21-7-5-17(38(42,43)44)11-23(21)29(46)31(25)48/h4-7,10-15H,1-3,8-9H2/b24-12-,25-13-. The summed E-state index contributed by atoms with van der Waals surface area (Å²) in [6.07, 6.45) is -1.96. The molecular weight excluding hydrogens is 747 g/mol. The molecule has 1 saturated carbocycles. The second-order valence-electron chi connectivity index (χ2n) is 13.1. The van der Waals surface area contributed by atoms with Crippen molar-refractivity contribution >= 4 is 89.8 Å². The van der Waals surface area contributed by atoms with Crippen LogP contribution in [0.2, 0.25) is 0 Å². The van der Waals surface area contributed by atoms with E-state index in [-0.39, 0.29) is 33.4 Å². The van der Waals surface area contributed by atoms with E-state index >= 15 is 0 Å². The second-order valence-corrected chi connectivity index (χ2v) is 16.3. The average Bonchev–Trinajstić information content (AvgIpc) is 3.89. The lowest BCUT2D eigenvalue weighted by Crippen LogP contribution is -2.37. The maximum Gasteiger partial charge on any atom is 0.416 e. The van der Waals surface area contributed by atoms with Crippen LogP contribution in [-0.2, 0) is 27.5 Å². The maximum absolute atomic E-state index is 13.4. The van der Waals surface area contributed by atoms with E-state index < -0.39 is 52.2 Å². The summed E-state index contributed by atoms with van der Waals surface area (Å²) >= 11 is 4.19. The predicted octanol–water partition coefficient (Wildman–Crippen LogP) is 10.9. The number of rotatable bonds is 2. The van der Waals surface area contributed by atoms with Gasteiger partial charge in [-0.15, -0.1) is 34.0 Å². The first-order valence-corrected chi connectivity index (χ1v) is 18.5. The Balaban J connectivity index is 1.12. The van der Waals surface area contributed by atoms with Crippen LogP contribution < -0.4 is 4.74 Å². The number of thiophene rings is 3. The number of benzene rings is 2. The molecule has 0 saturated heterocycles. The van der Waals surface area contributed by atoms with E-state index in [1.807, 2.05) is 12.1 Å². The van der Waals surface area contributed by atoms with Gasteiger partial charge in [-0.1, -0.05) is 18.6 Å². The highest BCUT2D eigenvalue weighted by atomic mass is 32.1. The first-order valence-electron chi connectivity index (χ1n) is 16.1. The molecule has 0 radical (unpaired) electrons. The number of carbonyl (C=O) groups excluding carboxylic acids is 4. The van der Waals surface area contributed by atoms with Gasteiger partial charge in [0.1, 0.15) is 5.60 Å². The molecule has 0 atom stereocenters. The molecule has 0 bridgehead atoms. The number of fused-ring (bicyclic) bond motifs is 8. The zero-order valence-electron chi connectivity index (χ0n) is 26.3. The molecule has 262 valence electrons. The van der Waals surface area contributed by atoms with Crippen LogP contribution in [0.5, 0.6) is 5.75 Å². The summed E-state index contributed by atoms with van der Waals surface area (Å²) in [7, 11) is 0. The first kappa shape index (κ1) is 33.2. The molecule has 9 rings (SSSR count). The van der Waals surface area contributed by atoms with Crippen molar-refractivity contribution in [3.63, 3.8) is 0 Å². The van der Waals surface area contributed by atoms with Crippen LogP contribution >= 0.6 is 34.0 Å². The van der Waals surface area contributed by atoms with Gasteiger partial charge >= 0.3 is 12.4 Å². The Kier molecular flexibility index (Phi) is 7.13. The summed E-state index contributed by atoms with van der Waals surface area (Å²) in [5.41, 5.74) is -1.94. The van der Waals surface area contributed by atoms with E-state index in [0.29, 0.717) is 21.6 Å². The van der Waals surface area contributed by atoms with Gasteiger partial charge < -0.3 is 4.74 Å². The summed E-state index contributed by atoms with van der Waals surface area (Å²) in [5, 5.41) is 0.